The first-order valence-corrected chi connectivity index (χ1v) is 6.88. The number of aromatic amines is 1. The fourth-order valence-corrected chi connectivity index (χ4v) is 3.65. The van der Waals surface area contributed by atoms with Gasteiger partial charge in [-0.15, -0.1) is 11.3 Å². The van der Waals surface area contributed by atoms with E-state index in [9.17, 15) is 0 Å². The van der Waals surface area contributed by atoms with Crippen LogP contribution in [0.25, 0.3) is 0 Å². The number of rotatable bonds is 3. The number of aryl methyl sites for hydroxylation is 1. The summed E-state index contributed by atoms with van der Waals surface area (Å²) in [4.78, 5) is 5.54. The van der Waals surface area contributed by atoms with Crippen molar-refractivity contribution in [2.75, 3.05) is 0 Å². The van der Waals surface area contributed by atoms with Crippen molar-refractivity contribution < 1.29 is 0 Å². The Bertz CT molecular complexity index is 494. The van der Waals surface area contributed by atoms with Crippen LogP contribution in [0.15, 0.2) is 12.4 Å². The second-order valence-electron chi connectivity index (χ2n) is 4.19. The van der Waals surface area contributed by atoms with Crippen LogP contribution >= 0.6 is 22.9 Å². The Kier molecular flexibility index (Phi) is 3.13. The van der Waals surface area contributed by atoms with Crippen LogP contribution in [-0.4, -0.2) is 15.2 Å². The highest BCUT2D eigenvalue weighted by Crippen LogP contribution is 2.37. The molecule has 0 fully saturated rings. The summed E-state index contributed by atoms with van der Waals surface area (Å²) in [6, 6.07) is 2.49. The van der Waals surface area contributed by atoms with E-state index < -0.39 is 0 Å². The van der Waals surface area contributed by atoms with Crippen LogP contribution in [-0.2, 0) is 13.0 Å². The van der Waals surface area contributed by atoms with E-state index >= 15 is 0 Å². The van der Waals surface area contributed by atoms with Gasteiger partial charge in [0.2, 0.25) is 0 Å². The molecule has 4 nitrogen and oxygen atoms in total. The Balaban J connectivity index is 1.72. The summed E-state index contributed by atoms with van der Waals surface area (Å²) in [6.45, 7) is 0.720. The number of nitrogens with zero attached hydrogens (tertiary/aromatic N) is 2. The quantitative estimate of drug-likeness (QED) is 0.900. The van der Waals surface area contributed by atoms with Gasteiger partial charge in [-0.25, -0.2) is 4.98 Å². The van der Waals surface area contributed by atoms with Gasteiger partial charge < -0.3 is 5.32 Å². The maximum absolute atomic E-state index is 6.08. The summed E-state index contributed by atoms with van der Waals surface area (Å²) in [5.74, 6) is 0.874. The molecule has 0 aliphatic heterocycles. The zero-order chi connectivity index (χ0) is 11.7. The minimum absolute atomic E-state index is 0.396. The molecule has 1 aliphatic carbocycles. The normalized spacial score (nSPS) is 19.2. The fraction of sp³-hybridized carbons (Fsp3) is 0.455. The van der Waals surface area contributed by atoms with Gasteiger partial charge in [0.05, 0.1) is 10.9 Å². The molecule has 1 aliphatic rings. The molecule has 17 heavy (non-hydrogen) atoms. The lowest BCUT2D eigenvalue weighted by molar-refractivity contribution is 0.457. The molecule has 0 saturated carbocycles. The number of nitrogens with one attached hydrogen (secondary N) is 2. The summed E-state index contributed by atoms with van der Waals surface area (Å²) in [5.41, 5.74) is 1.37. The van der Waals surface area contributed by atoms with Crippen LogP contribution in [0.4, 0.5) is 0 Å². The molecule has 0 bridgehead atoms. The molecule has 6 heteroatoms. The van der Waals surface area contributed by atoms with E-state index in [-0.39, 0.29) is 0 Å². The number of H-pyrrole nitrogens is 1. The highest BCUT2D eigenvalue weighted by molar-refractivity contribution is 7.16. The number of fused-ring (bicyclic) bond motifs is 1. The van der Waals surface area contributed by atoms with Crippen molar-refractivity contribution in [2.45, 2.75) is 31.8 Å². The lowest BCUT2D eigenvalue weighted by Gasteiger charge is -2.23. The maximum Gasteiger partial charge on any atom is 0.138 e. The number of halogens is 1. The van der Waals surface area contributed by atoms with E-state index in [0.29, 0.717) is 6.04 Å². The number of hydrogen-bond acceptors (Lipinski definition) is 4. The average molecular weight is 269 g/mol. The van der Waals surface area contributed by atoms with Gasteiger partial charge in [-0.3, -0.25) is 5.10 Å². The van der Waals surface area contributed by atoms with Crippen LogP contribution in [0, 0.1) is 0 Å². The molecule has 0 spiro atoms. The van der Waals surface area contributed by atoms with Gasteiger partial charge in [-0.1, -0.05) is 11.6 Å². The minimum atomic E-state index is 0.396. The number of thiophene rings is 1. The first-order valence-electron chi connectivity index (χ1n) is 5.68. The highest BCUT2D eigenvalue weighted by atomic mass is 35.5. The standard InChI is InChI=1S/C11H13ClN4S/c12-10-4-7-8(2-1-3-9(7)17-10)13-5-11-14-6-15-16-11/h4,6,8,13H,1-3,5H2,(H,14,15,16). The maximum atomic E-state index is 6.08. The number of hydrogen-bond donors (Lipinski definition) is 2. The van der Waals surface area contributed by atoms with Crippen LogP contribution < -0.4 is 5.32 Å². The van der Waals surface area contributed by atoms with Gasteiger partial charge in [-0.05, 0) is 30.9 Å². The molecule has 2 aromatic heterocycles. The molecule has 0 amide bonds. The van der Waals surface area contributed by atoms with Gasteiger partial charge in [0.15, 0.2) is 0 Å². The molecule has 1 unspecified atom stereocenters. The highest BCUT2D eigenvalue weighted by Gasteiger charge is 2.22. The van der Waals surface area contributed by atoms with Gasteiger partial charge in [-0.2, -0.15) is 5.10 Å². The van der Waals surface area contributed by atoms with Crippen LogP contribution in [0.1, 0.15) is 35.1 Å². The Morgan fingerprint density at radius 2 is 2.53 bits per heavy atom. The molecule has 0 radical (unpaired) electrons. The van der Waals surface area contributed by atoms with Crippen LogP contribution in [0.2, 0.25) is 4.34 Å². The topological polar surface area (TPSA) is 53.6 Å². The van der Waals surface area contributed by atoms with E-state index in [1.165, 1.54) is 23.2 Å². The van der Waals surface area contributed by atoms with Crippen molar-refractivity contribution in [2.24, 2.45) is 0 Å². The molecule has 0 aromatic carbocycles. The van der Waals surface area contributed by atoms with Crippen molar-refractivity contribution in [3.05, 3.63) is 33.0 Å². The minimum Gasteiger partial charge on any atom is -0.303 e. The molecule has 90 valence electrons. The Morgan fingerprint density at radius 1 is 1.59 bits per heavy atom. The van der Waals surface area contributed by atoms with Gasteiger partial charge in [0, 0.05) is 10.9 Å². The van der Waals surface area contributed by atoms with E-state index in [2.05, 4.69) is 26.6 Å². The van der Waals surface area contributed by atoms with Crippen molar-refractivity contribution >= 4 is 22.9 Å². The zero-order valence-electron chi connectivity index (χ0n) is 9.24. The number of aromatic nitrogens is 3. The summed E-state index contributed by atoms with van der Waals surface area (Å²) in [6.07, 6.45) is 5.07. The molecular formula is C11H13ClN4S. The van der Waals surface area contributed by atoms with Crippen molar-refractivity contribution in [3.63, 3.8) is 0 Å². The monoisotopic (exact) mass is 268 g/mol. The van der Waals surface area contributed by atoms with Gasteiger partial charge in [0.1, 0.15) is 12.2 Å². The molecule has 2 aromatic rings. The summed E-state index contributed by atoms with van der Waals surface area (Å²) >= 11 is 7.79. The smallest absolute Gasteiger partial charge is 0.138 e. The molecule has 3 rings (SSSR count). The van der Waals surface area contributed by atoms with Crippen molar-refractivity contribution in [3.8, 4) is 0 Å². The van der Waals surface area contributed by atoms with E-state index in [0.717, 1.165) is 29.5 Å². The Hall–Kier alpha value is -0.910. The Morgan fingerprint density at radius 3 is 3.35 bits per heavy atom. The summed E-state index contributed by atoms with van der Waals surface area (Å²) < 4.78 is 0.892. The van der Waals surface area contributed by atoms with E-state index in [1.807, 2.05) is 0 Å². The second-order valence-corrected chi connectivity index (χ2v) is 5.95. The van der Waals surface area contributed by atoms with Gasteiger partial charge in [0.25, 0.3) is 0 Å². The van der Waals surface area contributed by atoms with Gasteiger partial charge >= 0.3 is 0 Å². The fourth-order valence-electron chi connectivity index (χ4n) is 2.27. The largest absolute Gasteiger partial charge is 0.303 e. The Labute approximate surface area is 108 Å². The van der Waals surface area contributed by atoms with Crippen LogP contribution in [0.5, 0.6) is 0 Å². The first-order chi connectivity index (χ1) is 8.33. The third kappa shape index (κ3) is 2.36. The summed E-state index contributed by atoms with van der Waals surface area (Å²) in [7, 11) is 0. The molecule has 2 heterocycles. The average Bonchev–Trinajstić information content (AvgIpc) is 2.93. The van der Waals surface area contributed by atoms with Crippen LogP contribution in [0.3, 0.4) is 0 Å². The summed E-state index contributed by atoms with van der Waals surface area (Å²) in [5, 5.41) is 10.2. The van der Waals surface area contributed by atoms with E-state index in [1.54, 1.807) is 11.3 Å². The predicted octanol–water partition coefficient (Wildman–Crippen LogP) is 2.69. The molecule has 2 N–H and O–H groups in total. The predicted molar refractivity (Wildman–Crippen MR) is 68.2 cm³/mol. The SMILES string of the molecule is Clc1cc2c(s1)CCCC2NCc1ncn[nH]1. The lowest BCUT2D eigenvalue weighted by atomic mass is 9.94. The van der Waals surface area contributed by atoms with Crippen molar-refractivity contribution in [1.29, 1.82) is 0 Å². The first kappa shape index (κ1) is 11.2. The molecule has 0 saturated heterocycles. The third-order valence-corrected chi connectivity index (χ3v) is 4.40. The molecule has 1 atom stereocenters. The molecular weight excluding hydrogens is 256 g/mol. The lowest BCUT2D eigenvalue weighted by Crippen LogP contribution is -2.24. The second kappa shape index (κ2) is 4.76. The van der Waals surface area contributed by atoms with Crippen molar-refractivity contribution in [1.82, 2.24) is 20.5 Å². The van der Waals surface area contributed by atoms with E-state index in [4.69, 9.17) is 11.6 Å². The zero-order valence-corrected chi connectivity index (χ0v) is 10.8. The third-order valence-electron chi connectivity index (χ3n) is 3.06.